The van der Waals surface area contributed by atoms with Crippen molar-refractivity contribution in [2.45, 2.75) is 64.3 Å². The van der Waals surface area contributed by atoms with Gasteiger partial charge < -0.3 is 10.2 Å². The number of carbonyl (C=O) groups is 1. The summed E-state index contributed by atoms with van der Waals surface area (Å²) in [5.41, 5.74) is 1.92. The van der Waals surface area contributed by atoms with Crippen molar-refractivity contribution in [3.05, 3.63) is 70.8 Å². The first-order valence-electron chi connectivity index (χ1n) is 9.87. The van der Waals surface area contributed by atoms with Crippen LogP contribution in [-0.2, 0) is 19.1 Å². The van der Waals surface area contributed by atoms with Crippen molar-refractivity contribution in [2.75, 3.05) is 0 Å². The zero-order chi connectivity index (χ0) is 21.2. The van der Waals surface area contributed by atoms with Crippen molar-refractivity contribution >= 4 is 6.03 Å². The van der Waals surface area contributed by atoms with Gasteiger partial charge in [0.05, 0.1) is 11.6 Å². The third-order valence-corrected chi connectivity index (χ3v) is 5.09. The molecule has 0 spiro atoms. The summed E-state index contributed by atoms with van der Waals surface area (Å²) in [5.74, 6) is 0. The molecule has 29 heavy (non-hydrogen) atoms. The number of fused-ring (bicyclic) bond motifs is 1. The number of nitrogens with zero attached hydrogens (tertiary/aromatic N) is 1. The second-order valence-corrected chi connectivity index (χ2v) is 8.61. The number of rotatable bonds is 3. The first-order valence-corrected chi connectivity index (χ1v) is 9.87. The Balaban J connectivity index is 1.91. The van der Waals surface area contributed by atoms with Crippen LogP contribution in [0.3, 0.4) is 0 Å². The zero-order valence-corrected chi connectivity index (χ0v) is 17.0. The average Bonchev–Trinajstić information content (AvgIpc) is 2.64. The Morgan fingerprint density at radius 1 is 1.07 bits per heavy atom. The summed E-state index contributed by atoms with van der Waals surface area (Å²) in [6, 6.07) is 12.8. The van der Waals surface area contributed by atoms with Crippen LogP contribution in [0.4, 0.5) is 18.0 Å². The van der Waals surface area contributed by atoms with E-state index in [2.05, 4.69) is 11.4 Å². The molecule has 0 saturated heterocycles. The van der Waals surface area contributed by atoms with Crippen molar-refractivity contribution in [1.82, 2.24) is 10.2 Å². The van der Waals surface area contributed by atoms with Crippen molar-refractivity contribution < 1.29 is 18.0 Å². The number of alkyl halides is 3. The number of halogens is 3. The van der Waals surface area contributed by atoms with E-state index in [1.807, 2.05) is 39.0 Å². The van der Waals surface area contributed by atoms with Crippen LogP contribution in [0.2, 0.25) is 0 Å². The van der Waals surface area contributed by atoms with Gasteiger partial charge in [0.2, 0.25) is 0 Å². The van der Waals surface area contributed by atoms with Gasteiger partial charge in [-0.25, -0.2) is 4.79 Å². The van der Waals surface area contributed by atoms with Crippen molar-refractivity contribution in [2.24, 2.45) is 0 Å². The molecule has 0 bridgehead atoms. The molecule has 156 valence electrons. The minimum Gasteiger partial charge on any atom is -0.333 e. The number of aryl methyl sites for hydroxylation is 1. The molecule has 2 aromatic carbocycles. The Bertz CT molecular complexity index is 854. The Morgan fingerprint density at radius 3 is 2.34 bits per heavy atom. The summed E-state index contributed by atoms with van der Waals surface area (Å²) in [7, 11) is 0. The molecule has 0 fully saturated rings. The molecule has 6 heteroatoms. The fraction of sp³-hybridized carbons (Fsp3) is 0.435. The lowest BCUT2D eigenvalue weighted by atomic mass is 9.86. The van der Waals surface area contributed by atoms with Gasteiger partial charge in [-0.1, -0.05) is 36.4 Å². The lowest BCUT2D eigenvalue weighted by Crippen LogP contribution is -2.49. The molecule has 1 atom stereocenters. The lowest BCUT2D eigenvalue weighted by Gasteiger charge is -2.38. The predicted molar refractivity (Wildman–Crippen MR) is 107 cm³/mol. The van der Waals surface area contributed by atoms with E-state index in [0.717, 1.165) is 37.0 Å². The molecule has 1 N–H and O–H groups in total. The summed E-state index contributed by atoms with van der Waals surface area (Å²) in [6.07, 6.45) is -1.60. The Hall–Kier alpha value is -2.50. The maximum absolute atomic E-state index is 13.1. The van der Waals surface area contributed by atoms with Crippen LogP contribution in [0.5, 0.6) is 0 Å². The fourth-order valence-corrected chi connectivity index (χ4v) is 3.76. The molecule has 0 aliphatic heterocycles. The molecule has 3 nitrogen and oxygen atoms in total. The smallest absolute Gasteiger partial charge is 0.333 e. The van der Waals surface area contributed by atoms with Crippen molar-refractivity contribution in [1.29, 1.82) is 0 Å². The van der Waals surface area contributed by atoms with Gasteiger partial charge in [0.1, 0.15) is 0 Å². The van der Waals surface area contributed by atoms with E-state index in [1.54, 1.807) is 4.90 Å². The van der Waals surface area contributed by atoms with Crippen LogP contribution >= 0.6 is 0 Å². The maximum Gasteiger partial charge on any atom is 0.416 e. The Labute approximate surface area is 169 Å². The van der Waals surface area contributed by atoms with Crippen LogP contribution in [-0.4, -0.2) is 16.5 Å². The van der Waals surface area contributed by atoms with E-state index in [9.17, 15) is 18.0 Å². The third-order valence-electron chi connectivity index (χ3n) is 5.09. The number of urea groups is 1. The van der Waals surface area contributed by atoms with Crippen LogP contribution < -0.4 is 5.32 Å². The first-order chi connectivity index (χ1) is 13.5. The Morgan fingerprint density at radius 2 is 1.72 bits per heavy atom. The number of benzene rings is 2. The summed E-state index contributed by atoms with van der Waals surface area (Å²) in [5, 5.41) is 3.01. The monoisotopic (exact) mass is 404 g/mol. The molecule has 0 heterocycles. The molecule has 0 aromatic heterocycles. The van der Waals surface area contributed by atoms with E-state index in [1.165, 1.54) is 17.7 Å². The van der Waals surface area contributed by atoms with E-state index in [0.29, 0.717) is 5.56 Å². The quantitative estimate of drug-likeness (QED) is 0.659. The number of hydrogen-bond acceptors (Lipinski definition) is 1. The second kappa shape index (κ2) is 8.09. The molecule has 1 aliphatic rings. The third kappa shape index (κ3) is 5.31. The predicted octanol–water partition coefficient (Wildman–Crippen LogP) is 6.09. The molecular formula is C23H27F3N2O. The molecule has 0 radical (unpaired) electrons. The normalized spacial score (nSPS) is 16.8. The topological polar surface area (TPSA) is 32.3 Å². The molecule has 2 amide bonds. The van der Waals surface area contributed by atoms with Crippen LogP contribution in [0.25, 0.3) is 0 Å². The number of nitrogens with one attached hydrogen (secondary N) is 1. The minimum atomic E-state index is -4.37. The molecule has 0 saturated carbocycles. The highest BCUT2D eigenvalue weighted by atomic mass is 19.4. The van der Waals surface area contributed by atoms with Crippen LogP contribution in [0.15, 0.2) is 48.5 Å². The summed E-state index contributed by atoms with van der Waals surface area (Å²) < 4.78 is 38.6. The number of amides is 2. The standard InChI is InChI=1S/C23H27F3N2O/c1-22(2,3)27-21(29)28(15-16-11-13-18(14-12-16)23(24,25)26)20-10-6-8-17-7-4-5-9-19(17)20/h4-5,7,9,11-14,20H,6,8,10,15H2,1-3H3,(H,27,29). The van der Waals surface area contributed by atoms with E-state index in [4.69, 9.17) is 0 Å². The van der Waals surface area contributed by atoms with Gasteiger partial charge in [-0.05, 0) is 68.9 Å². The lowest BCUT2D eigenvalue weighted by molar-refractivity contribution is -0.137. The van der Waals surface area contributed by atoms with E-state index >= 15 is 0 Å². The maximum atomic E-state index is 13.1. The SMILES string of the molecule is CC(C)(C)NC(=O)N(Cc1ccc(C(F)(F)F)cc1)C1CCCc2ccccc21. The van der Waals surface area contributed by atoms with Gasteiger partial charge >= 0.3 is 12.2 Å². The highest BCUT2D eigenvalue weighted by molar-refractivity contribution is 5.75. The highest BCUT2D eigenvalue weighted by Crippen LogP contribution is 2.36. The van der Waals surface area contributed by atoms with Gasteiger partial charge in [-0.15, -0.1) is 0 Å². The van der Waals surface area contributed by atoms with E-state index < -0.39 is 17.3 Å². The first kappa shape index (κ1) is 21.2. The highest BCUT2D eigenvalue weighted by Gasteiger charge is 2.32. The van der Waals surface area contributed by atoms with Gasteiger partial charge in [0.25, 0.3) is 0 Å². The van der Waals surface area contributed by atoms with Crippen LogP contribution in [0.1, 0.15) is 61.9 Å². The van der Waals surface area contributed by atoms with Crippen LogP contribution in [0, 0.1) is 0 Å². The second-order valence-electron chi connectivity index (χ2n) is 8.61. The minimum absolute atomic E-state index is 0.107. The molecular weight excluding hydrogens is 377 g/mol. The summed E-state index contributed by atoms with van der Waals surface area (Å²) >= 11 is 0. The summed E-state index contributed by atoms with van der Waals surface area (Å²) in [4.78, 5) is 14.9. The average molecular weight is 404 g/mol. The van der Waals surface area contributed by atoms with Gasteiger partial charge in [-0.3, -0.25) is 0 Å². The molecule has 3 rings (SSSR count). The number of carbonyl (C=O) groups excluding carboxylic acids is 1. The van der Waals surface area contributed by atoms with Gasteiger partial charge in [0.15, 0.2) is 0 Å². The summed E-state index contributed by atoms with van der Waals surface area (Å²) in [6.45, 7) is 5.99. The van der Waals surface area contributed by atoms with Crippen molar-refractivity contribution in [3.63, 3.8) is 0 Å². The van der Waals surface area contributed by atoms with Crippen molar-refractivity contribution in [3.8, 4) is 0 Å². The van der Waals surface area contributed by atoms with Gasteiger partial charge in [0, 0.05) is 12.1 Å². The number of hydrogen-bond donors (Lipinski definition) is 1. The largest absolute Gasteiger partial charge is 0.416 e. The molecule has 1 aliphatic carbocycles. The zero-order valence-electron chi connectivity index (χ0n) is 17.0. The molecule has 1 unspecified atom stereocenters. The fourth-order valence-electron chi connectivity index (χ4n) is 3.76. The molecule has 2 aromatic rings. The Kier molecular flexibility index (Phi) is 5.92. The van der Waals surface area contributed by atoms with E-state index in [-0.39, 0.29) is 18.6 Å². The van der Waals surface area contributed by atoms with Gasteiger partial charge in [-0.2, -0.15) is 13.2 Å².